The van der Waals surface area contributed by atoms with Crippen LogP contribution in [-0.4, -0.2) is 16.0 Å². The maximum absolute atomic E-state index is 12.0. The van der Waals surface area contributed by atoms with Crippen LogP contribution in [0.3, 0.4) is 0 Å². The number of fused-ring (bicyclic) bond motifs is 1. The number of carbonyl (C=O) groups excluding carboxylic acids is 1. The van der Waals surface area contributed by atoms with Gasteiger partial charge in [0, 0.05) is 32.5 Å². The first kappa shape index (κ1) is 18.2. The van der Waals surface area contributed by atoms with E-state index in [-0.39, 0.29) is 18.3 Å². The van der Waals surface area contributed by atoms with Crippen molar-refractivity contribution in [3.05, 3.63) is 59.4 Å². The van der Waals surface area contributed by atoms with E-state index >= 15 is 0 Å². The van der Waals surface area contributed by atoms with Crippen LogP contribution in [0, 0.1) is 0 Å². The molecule has 3 heterocycles. The highest BCUT2D eigenvalue weighted by atomic mass is 35.5. The van der Waals surface area contributed by atoms with Crippen molar-refractivity contribution in [1.29, 1.82) is 0 Å². The summed E-state index contributed by atoms with van der Waals surface area (Å²) in [6.07, 6.45) is 3.81. The molecule has 2 aromatic heterocycles. The largest absolute Gasteiger partial charge is 0.472 e. The monoisotopic (exact) mass is 374 g/mol. The van der Waals surface area contributed by atoms with Crippen LogP contribution in [0.15, 0.2) is 45.7 Å². The maximum atomic E-state index is 12.0. The van der Waals surface area contributed by atoms with Crippen LogP contribution < -0.4 is 10.6 Å². The average Bonchev–Trinajstić information content (AvgIpc) is 3.38. The number of amides is 1. The van der Waals surface area contributed by atoms with Gasteiger partial charge in [-0.1, -0.05) is 23.4 Å². The topological polar surface area (TPSA) is 93.2 Å². The van der Waals surface area contributed by atoms with Crippen molar-refractivity contribution in [2.75, 3.05) is 0 Å². The van der Waals surface area contributed by atoms with E-state index in [0.717, 1.165) is 24.2 Å². The molecule has 0 saturated heterocycles. The highest BCUT2D eigenvalue weighted by molar-refractivity contribution is 5.85. The third kappa shape index (κ3) is 4.12. The molecule has 1 aliphatic heterocycles. The molecule has 0 spiro atoms. The number of hydrogen-bond donors (Lipinski definition) is 2. The number of carbonyl (C=O) groups is 1. The van der Waals surface area contributed by atoms with Crippen LogP contribution in [0.4, 0.5) is 0 Å². The Morgan fingerprint density at radius 1 is 1.23 bits per heavy atom. The van der Waals surface area contributed by atoms with Crippen molar-refractivity contribution in [2.45, 2.75) is 32.5 Å². The van der Waals surface area contributed by atoms with Gasteiger partial charge < -0.3 is 19.6 Å². The minimum Gasteiger partial charge on any atom is -0.472 e. The number of nitrogens with one attached hydrogen (secondary N) is 2. The number of aromatic nitrogens is 2. The Kier molecular flexibility index (Phi) is 5.70. The Bertz CT molecular complexity index is 876. The van der Waals surface area contributed by atoms with Gasteiger partial charge in [-0.15, -0.1) is 12.4 Å². The Balaban J connectivity index is 0.00000196. The molecule has 136 valence electrons. The van der Waals surface area contributed by atoms with Crippen molar-refractivity contribution < 1.29 is 13.7 Å². The molecular weight excluding hydrogens is 356 g/mol. The fraction of sp³-hybridized carbons (Fsp3) is 0.278. The summed E-state index contributed by atoms with van der Waals surface area (Å²) >= 11 is 0. The molecule has 2 N–H and O–H groups in total. The van der Waals surface area contributed by atoms with E-state index in [1.54, 1.807) is 18.6 Å². The summed E-state index contributed by atoms with van der Waals surface area (Å²) in [6.45, 7) is 2.34. The second-order valence-electron chi connectivity index (χ2n) is 6.01. The van der Waals surface area contributed by atoms with Crippen molar-refractivity contribution in [1.82, 2.24) is 20.8 Å². The average molecular weight is 375 g/mol. The normalized spacial score (nSPS) is 12.5. The maximum Gasteiger partial charge on any atom is 0.227 e. The van der Waals surface area contributed by atoms with Crippen molar-refractivity contribution >= 4 is 18.3 Å². The van der Waals surface area contributed by atoms with E-state index in [2.05, 4.69) is 39.0 Å². The molecule has 4 rings (SSSR count). The van der Waals surface area contributed by atoms with Gasteiger partial charge in [0.15, 0.2) is 0 Å². The van der Waals surface area contributed by atoms with Crippen LogP contribution >= 0.6 is 12.4 Å². The molecule has 0 fully saturated rings. The zero-order valence-corrected chi connectivity index (χ0v) is 14.8. The molecule has 7 nitrogen and oxygen atoms in total. The molecule has 0 saturated carbocycles. The summed E-state index contributed by atoms with van der Waals surface area (Å²) in [5.41, 5.74) is 4.51. The van der Waals surface area contributed by atoms with Gasteiger partial charge >= 0.3 is 0 Å². The molecule has 0 bridgehead atoms. The van der Waals surface area contributed by atoms with Crippen molar-refractivity contribution in [2.24, 2.45) is 0 Å². The molecule has 0 aliphatic carbocycles. The van der Waals surface area contributed by atoms with Gasteiger partial charge in [0.2, 0.25) is 17.6 Å². The van der Waals surface area contributed by atoms with E-state index in [9.17, 15) is 4.79 Å². The first-order chi connectivity index (χ1) is 12.3. The van der Waals surface area contributed by atoms with Gasteiger partial charge in [-0.2, -0.15) is 4.98 Å². The molecule has 1 amide bonds. The fourth-order valence-corrected chi connectivity index (χ4v) is 2.83. The van der Waals surface area contributed by atoms with Gasteiger partial charge in [-0.25, -0.2) is 0 Å². The number of aryl methyl sites for hydroxylation is 1. The number of nitrogens with zero attached hydrogens (tertiary/aromatic N) is 2. The van der Waals surface area contributed by atoms with Crippen LogP contribution in [-0.2, 0) is 30.8 Å². The summed E-state index contributed by atoms with van der Waals surface area (Å²) in [4.78, 5) is 16.3. The zero-order valence-electron chi connectivity index (χ0n) is 14.0. The van der Waals surface area contributed by atoms with E-state index in [4.69, 9.17) is 8.94 Å². The summed E-state index contributed by atoms with van der Waals surface area (Å²) in [5.74, 6) is 0.868. The molecule has 3 aromatic rings. The van der Waals surface area contributed by atoms with E-state index < -0.39 is 0 Å². The number of furan rings is 1. The predicted molar refractivity (Wildman–Crippen MR) is 96.4 cm³/mol. The molecular formula is C18H19ClN4O3. The second-order valence-corrected chi connectivity index (χ2v) is 6.01. The van der Waals surface area contributed by atoms with E-state index in [0.29, 0.717) is 31.1 Å². The SMILES string of the molecule is Cl.O=C(CCc1nc(-c2ccoc2)no1)NCc1ccc2c(c1)CNC2. The standard InChI is InChI=1S/C18H18N4O3.ClH/c23-16(20-8-12-1-2-13-9-19-10-15(13)7-12)3-4-17-21-18(22-25-17)14-5-6-24-11-14;/h1-2,5-7,11,19H,3-4,8-10H2,(H,20,23);1H. The first-order valence-electron chi connectivity index (χ1n) is 8.21. The van der Waals surface area contributed by atoms with E-state index in [1.165, 1.54) is 11.1 Å². The predicted octanol–water partition coefficient (Wildman–Crippen LogP) is 2.60. The number of halogens is 1. The van der Waals surface area contributed by atoms with Crippen molar-refractivity contribution in [3.63, 3.8) is 0 Å². The number of benzene rings is 1. The lowest BCUT2D eigenvalue weighted by atomic mass is 10.1. The summed E-state index contributed by atoms with van der Waals surface area (Å²) < 4.78 is 10.2. The molecule has 0 unspecified atom stereocenters. The molecule has 8 heteroatoms. The van der Waals surface area contributed by atoms with Crippen LogP contribution in [0.5, 0.6) is 0 Å². The van der Waals surface area contributed by atoms with Gasteiger partial charge in [0.05, 0.1) is 11.8 Å². The quantitative estimate of drug-likeness (QED) is 0.689. The summed E-state index contributed by atoms with van der Waals surface area (Å²) in [7, 11) is 0. The number of rotatable bonds is 6. The highest BCUT2D eigenvalue weighted by Crippen LogP contribution is 2.17. The molecule has 26 heavy (non-hydrogen) atoms. The number of hydrogen-bond acceptors (Lipinski definition) is 6. The summed E-state index contributed by atoms with van der Waals surface area (Å²) in [5, 5.41) is 10.1. The lowest BCUT2D eigenvalue weighted by molar-refractivity contribution is -0.121. The lowest BCUT2D eigenvalue weighted by Gasteiger charge is -2.06. The smallest absolute Gasteiger partial charge is 0.227 e. The van der Waals surface area contributed by atoms with Crippen LogP contribution in [0.25, 0.3) is 11.4 Å². The third-order valence-corrected chi connectivity index (χ3v) is 4.20. The third-order valence-electron chi connectivity index (χ3n) is 4.20. The van der Waals surface area contributed by atoms with Gasteiger partial charge in [-0.3, -0.25) is 4.79 Å². The lowest BCUT2D eigenvalue weighted by Crippen LogP contribution is -2.23. The summed E-state index contributed by atoms with van der Waals surface area (Å²) in [6, 6.07) is 8.08. The molecule has 1 aliphatic rings. The van der Waals surface area contributed by atoms with Gasteiger partial charge in [0.1, 0.15) is 6.26 Å². The van der Waals surface area contributed by atoms with Crippen molar-refractivity contribution in [3.8, 4) is 11.4 Å². The highest BCUT2D eigenvalue weighted by Gasteiger charge is 2.12. The van der Waals surface area contributed by atoms with Crippen LogP contribution in [0.1, 0.15) is 29.0 Å². The Morgan fingerprint density at radius 3 is 2.96 bits per heavy atom. The fourth-order valence-electron chi connectivity index (χ4n) is 2.83. The second kappa shape index (κ2) is 8.16. The molecule has 0 radical (unpaired) electrons. The Hall–Kier alpha value is -2.64. The van der Waals surface area contributed by atoms with E-state index in [1.807, 2.05) is 0 Å². The Labute approximate surface area is 156 Å². The minimum atomic E-state index is -0.0401. The Morgan fingerprint density at radius 2 is 2.12 bits per heavy atom. The molecule has 0 atom stereocenters. The minimum absolute atomic E-state index is 0. The van der Waals surface area contributed by atoms with Gasteiger partial charge in [0.25, 0.3) is 0 Å². The van der Waals surface area contributed by atoms with Crippen LogP contribution in [0.2, 0.25) is 0 Å². The first-order valence-corrected chi connectivity index (χ1v) is 8.21. The van der Waals surface area contributed by atoms with Gasteiger partial charge in [-0.05, 0) is 22.8 Å². The zero-order chi connectivity index (χ0) is 17.1. The molecule has 1 aromatic carbocycles.